The van der Waals surface area contributed by atoms with E-state index in [1.807, 2.05) is 64.1 Å². The van der Waals surface area contributed by atoms with Gasteiger partial charge in [-0.05, 0) is 77.3 Å². The molecule has 0 spiro atoms. The van der Waals surface area contributed by atoms with Crippen molar-refractivity contribution in [2.24, 2.45) is 5.92 Å². The molecule has 1 unspecified atom stereocenters. The van der Waals surface area contributed by atoms with Crippen molar-refractivity contribution in [1.29, 1.82) is 0 Å². The Kier molecular flexibility index (Phi) is 7.73. The highest BCUT2D eigenvalue weighted by Crippen LogP contribution is 2.35. The number of fused-ring (bicyclic) bond motifs is 3. The lowest BCUT2D eigenvalue weighted by Crippen LogP contribution is -2.41. The Morgan fingerprint density at radius 1 is 1.14 bits per heavy atom. The van der Waals surface area contributed by atoms with E-state index in [0.717, 1.165) is 27.1 Å². The van der Waals surface area contributed by atoms with Crippen LogP contribution in [0, 0.1) is 12.8 Å². The molecule has 0 saturated heterocycles. The first-order chi connectivity index (χ1) is 17.6. The smallest absolute Gasteiger partial charge is 0.440 e. The molecule has 1 atom stereocenters. The molecule has 0 fully saturated rings. The van der Waals surface area contributed by atoms with Crippen LogP contribution < -0.4 is 15.1 Å². The topological polar surface area (TPSA) is 93.9 Å². The number of hydroxylamine groups is 2. The molecule has 194 valence electrons. The van der Waals surface area contributed by atoms with E-state index in [1.165, 1.54) is 0 Å². The highest BCUT2D eigenvalue weighted by Gasteiger charge is 2.25. The summed E-state index contributed by atoms with van der Waals surface area (Å²) in [6.45, 7) is 7.99. The number of rotatable bonds is 8. The van der Waals surface area contributed by atoms with E-state index in [2.05, 4.69) is 20.9 Å². The van der Waals surface area contributed by atoms with Crippen molar-refractivity contribution in [2.75, 3.05) is 7.11 Å². The zero-order valence-electron chi connectivity index (χ0n) is 21.5. The van der Waals surface area contributed by atoms with Gasteiger partial charge in [0.25, 0.3) is 5.56 Å². The number of pyridine rings is 2. The highest BCUT2D eigenvalue weighted by atomic mass is 79.9. The predicted molar refractivity (Wildman–Crippen MR) is 147 cm³/mol. The normalized spacial score (nSPS) is 12.2. The lowest BCUT2D eigenvalue weighted by Gasteiger charge is -2.27. The number of carboxylic acid groups (broad SMARTS) is 1. The summed E-state index contributed by atoms with van der Waals surface area (Å²) in [7, 11) is 1.61. The Balaban J connectivity index is 1.91. The summed E-state index contributed by atoms with van der Waals surface area (Å²) in [5.41, 5.74) is 2.00. The highest BCUT2D eigenvalue weighted by molar-refractivity contribution is 9.10. The molecule has 8 nitrogen and oxygen atoms in total. The summed E-state index contributed by atoms with van der Waals surface area (Å²) >= 11 is 3.56. The maximum absolute atomic E-state index is 13.8. The Morgan fingerprint density at radius 3 is 2.46 bits per heavy atom. The summed E-state index contributed by atoms with van der Waals surface area (Å²) in [5, 5.41) is 12.9. The van der Waals surface area contributed by atoms with Gasteiger partial charge >= 0.3 is 6.09 Å². The van der Waals surface area contributed by atoms with E-state index in [0.29, 0.717) is 45.7 Å². The average molecular weight is 568 g/mol. The molecule has 0 aliphatic rings. The first-order valence-electron chi connectivity index (χ1n) is 12.0. The number of benzene rings is 2. The Morgan fingerprint density at radius 2 is 1.84 bits per heavy atom. The van der Waals surface area contributed by atoms with Gasteiger partial charge in [0.15, 0.2) is 5.75 Å². The number of amides is 1. The van der Waals surface area contributed by atoms with E-state index >= 15 is 0 Å². The SMILES string of the molecule is COc1ccc(Cn2c(=O)c3c(C)nccc3c3cc(Br)c(ON(C(=O)O)C(C)CC(C)C)cc32)cc1. The maximum atomic E-state index is 13.8. The number of hydrogen-bond acceptors (Lipinski definition) is 5. The Bertz CT molecular complexity index is 1520. The van der Waals surface area contributed by atoms with Crippen molar-refractivity contribution in [1.82, 2.24) is 14.6 Å². The fourth-order valence-corrected chi connectivity index (χ4v) is 5.04. The standard InChI is InChI=1S/C28H30BrN3O5/c1-16(2)12-17(3)32(28(34)35)37-25-14-24-22(13-23(25)29)21-10-11-30-18(4)26(21)27(33)31(24)15-19-6-8-20(36-5)9-7-19/h6-11,13-14,16-17H,12,15H2,1-5H3,(H,34,35). The van der Waals surface area contributed by atoms with Crippen LogP contribution in [0.15, 0.2) is 57.9 Å². The summed E-state index contributed by atoms with van der Waals surface area (Å²) in [6, 6.07) is 12.6. The number of carbonyl (C=O) groups is 1. The molecule has 2 aromatic heterocycles. The van der Waals surface area contributed by atoms with Crippen LogP contribution >= 0.6 is 15.9 Å². The second kappa shape index (κ2) is 10.8. The number of aromatic nitrogens is 2. The Labute approximate surface area is 223 Å². The van der Waals surface area contributed by atoms with Gasteiger partial charge in [0.05, 0.1) is 40.8 Å². The van der Waals surface area contributed by atoms with Crippen molar-refractivity contribution in [3.8, 4) is 11.5 Å². The quantitative estimate of drug-likeness (QED) is 0.196. The average Bonchev–Trinajstić information content (AvgIpc) is 2.85. The van der Waals surface area contributed by atoms with Crippen molar-refractivity contribution < 1.29 is 19.5 Å². The van der Waals surface area contributed by atoms with Gasteiger partial charge in [0.2, 0.25) is 0 Å². The van der Waals surface area contributed by atoms with Crippen LogP contribution in [0.25, 0.3) is 21.7 Å². The monoisotopic (exact) mass is 567 g/mol. The van der Waals surface area contributed by atoms with Crippen LogP contribution in [-0.2, 0) is 6.54 Å². The van der Waals surface area contributed by atoms with Crippen molar-refractivity contribution >= 4 is 43.7 Å². The fraction of sp³-hybridized carbons (Fsp3) is 0.321. The van der Waals surface area contributed by atoms with Crippen LogP contribution in [0.1, 0.15) is 38.4 Å². The number of hydrogen-bond donors (Lipinski definition) is 1. The van der Waals surface area contributed by atoms with E-state index in [9.17, 15) is 14.7 Å². The van der Waals surface area contributed by atoms with Crippen molar-refractivity contribution in [3.63, 3.8) is 0 Å². The molecular formula is C28H30BrN3O5. The fourth-order valence-electron chi connectivity index (χ4n) is 4.63. The van der Waals surface area contributed by atoms with Crippen LogP contribution in [-0.4, -0.2) is 39.0 Å². The van der Waals surface area contributed by atoms with Gasteiger partial charge in [-0.3, -0.25) is 9.78 Å². The summed E-state index contributed by atoms with van der Waals surface area (Å²) in [4.78, 5) is 36.1. The van der Waals surface area contributed by atoms with E-state index in [4.69, 9.17) is 9.57 Å². The third-order valence-electron chi connectivity index (χ3n) is 6.33. The van der Waals surface area contributed by atoms with Gasteiger partial charge in [-0.2, -0.15) is 0 Å². The van der Waals surface area contributed by atoms with Gasteiger partial charge < -0.3 is 19.2 Å². The second-order valence-corrected chi connectivity index (χ2v) is 10.4. The van der Waals surface area contributed by atoms with E-state index in [1.54, 1.807) is 23.9 Å². The van der Waals surface area contributed by atoms with Gasteiger partial charge in [-0.1, -0.05) is 26.0 Å². The van der Waals surface area contributed by atoms with Crippen LogP contribution in [0.5, 0.6) is 11.5 Å². The third kappa shape index (κ3) is 5.41. The lowest BCUT2D eigenvalue weighted by atomic mass is 10.0. The molecule has 2 heterocycles. The number of halogens is 1. The predicted octanol–water partition coefficient (Wildman–Crippen LogP) is 6.39. The molecule has 4 rings (SSSR count). The molecule has 0 bridgehead atoms. The largest absolute Gasteiger partial charge is 0.497 e. The van der Waals surface area contributed by atoms with E-state index < -0.39 is 6.09 Å². The maximum Gasteiger partial charge on any atom is 0.440 e. The van der Waals surface area contributed by atoms with Crippen LogP contribution in [0.4, 0.5) is 4.79 Å². The van der Waals surface area contributed by atoms with Gasteiger partial charge in [-0.25, -0.2) is 4.79 Å². The second-order valence-electron chi connectivity index (χ2n) is 9.54. The molecular weight excluding hydrogens is 538 g/mol. The van der Waals surface area contributed by atoms with Crippen LogP contribution in [0.3, 0.4) is 0 Å². The third-order valence-corrected chi connectivity index (χ3v) is 6.95. The summed E-state index contributed by atoms with van der Waals surface area (Å²) in [6.07, 6.45) is 1.13. The number of nitrogens with zero attached hydrogens (tertiary/aromatic N) is 3. The van der Waals surface area contributed by atoms with Crippen LogP contribution in [0.2, 0.25) is 0 Å². The zero-order chi connectivity index (χ0) is 26.9. The van der Waals surface area contributed by atoms with Gasteiger partial charge in [0, 0.05) is 17.6 Å². The molecule has 4 aromatic rings. The molecule has 2 aromatic carbocycles. The minimum absolute atomic E-state index is 0.180. The summed E-state index contributed by atoms with van der Waals surface area (Å²) in [5.74, 6) is 1.32. The first-order valence-corrected chi connectivity index (χ1v) is 12.8. The minimum Gasteiger partial charge on any atom is -0.497 e. The summed E-state index contributed by atoms with van der Waals surface area (Å²) < 4.78 is 7.52. The molecule has 1 N–H and O–H groups in total. The van der Waals surface area contributed by atoms with E-state index in [-0.39, 0.29) is 11.6 Å². The molecule has 0 saturated carbocycles. The minimum atomic E-state index is -1.18. The molecule has 1 amide bonds. The first kappa shape index (κ1) is 26.5. The number of aryl methyl sites for hydroxylation is 1. The van der Waals surface area contributed by atoms with Gasteiger partial charge in [-0.15, -0.1) is 5.06 Å². The molecule has 9 heteroatoms. The van der Waals surface area contributed by atoms with Gasteiger partial charge in [0.1, 0.15) is 5.75 Å². The van der Waals surface area contributed by atoms with Crippen molar-refractivity contribution in [3.05, 3.63) is 74.7 Å². The zero-order valence-corrected chi connectivity index (χ0v) is 23.1. The number of ether oxygens (including phenoxy) is 1. The molecule has 0 radical (unpaired) electrons. The lowest BCUT2D eigenvalue weighted by molar-refractivity contribution is -0.0687. The number of methoxy groups -OCH3 is 1. The molecule has 37 heavy (non-hydrogen) atoms. The molecule has 0 aliphatic carbocycles. The Hall–Kier alpha value is -3.59. The molecule has 0 aliphatic heterocycles. The van der Waals surface area contributed by atoms with Crippen molar-refractivity contribution in [2.45, 2.75) is 46.7 Å².